The van der Waals surface area contributed by atoms with Crippen molar-refractivity contribution in [1.82, 2.24) is 19.5 Å². The van der Waals surface area contributed by atoms with E-state index in [9.17, 15) is 4.79 Å². The summed E-state index contributed by atoms with van der Waals surface area (Å²) in [6.45, 7) is 0. The first-order valence-corrected chi connectivity index (χ1v) is 4.72. The van der Waals surface area contributed by atoms with Crippen LogP contribution in [0.25, 0.3) is 11.2 Å². The second kappa shape index (κ2) is 3.25. The largest absolute Gasteiger partial charge is 0.324 e. The van der Waals surface area contributed by atoms with Gasteiger partial charge in [-0.1, -0.05) is 0 Å². The highest BCUT2D eigenvalue weighted by atomic mass is 35.5. The van der Waals surface area contributed by atoms with Crippen molar-refractivity contribution in [2.45, 2.75) is 5.88 Å². The maximum atomic E-state index is 11.5. The van der Waals surface area contributed by atoms with Gasteiger partial charge in [0.1, 0.15) is 5.82 Å². The smallest absolute Gasteiger partial charge is 0.278 e. The van der Waals surface area contributed by atoms with Crippen LogP contribution in [0.4, 0.5) is 0 Å². The molecule has 1 N–H and O–H groups in total. The third-order valence-corrected chi connectivity index (χ3v) is 2.34. The fourth-order valence-corrected chi connectivity index (χ4v) is 1.66. The van der Waals surface area contributed by atoms with Gasteiger partial charge in [0.15, 0.2) is 11.2 Å². The number of fused-ring (bicyclic) bond motifs is 1. The van der Waals surface area contributed by atoms with Gasteiger partial charge in [-0.3, -0.25) is 9.78 Å². The van der Waals surface area contributed by atoms with E-state index in [2.05, 4.69) is 15.0 Å². The Hall–Kier alpha value is -1.07. The summed E-state index contributed by atoms with van der Waals surface area (Å²) in [6, 6.07) is 0. The fourth-order valence-electron chi connectivity index (χ4n) is 1.25. The molecule has 74 valence electrons. The predicted octanol–water partition coefficient (Wildman–Crippen LogP) is 1.05. The fraction of sp³-hybridized carbons (Fsp3) is 0.286. The van der Waals surface area contributed by atoms with E-state index < -0.39 is 0 Å². The third-order valence-electron chi connectivity index (χ3n) is 1.92. The molecule has 2 aromatic heterocycles. The van der Waals surface area contributed by atoms with Crippen LogP contribution >= 0.6 is 23.2 Å². The molecule has 0 atom stereocenters. The van der Waals surface area contributed by atoms with Crippen molar-refractivity contribution in [3.8, 4) is 0 Å². The maximum Gasteiger partial charge on any atom is 0.278 e. The number of nitrogens with one attached hydrogen (secondary N) is 1. The second-order valence-electron chi connectivity index (χ2n) is 2.75. The third kappa shape index (κ3) is 1.29. The minimum atomic E-state index is -0.314. The van der Waals surface area contributed by atoms with Gasteiger partial charge in [0.25, 0.3) is 5.56 Å². The molecule has 0 aliphatic carbocycles. The molecule has 2 heterocycles. The summed E-state index contributed by atoms with van der Waals surface area (Å²) in [5.41, 5.74) is 0.383. The average Bonchev–Trinajstić information content (AvgIpc) is 2.42. The van der Waals surface area contributed by atoms with Crippen LogP contribution in [0.1, 0.15) is 5.82 Å². The normalized spacial score (nSPS) is 11.1. The SMILES string of the molecule is Cn1c(CCl)nc2nc(Cl)[nH]c(=O)c21. The molecule has 0 aliphatic heterocycles. The highest BCUT2D eigenvalue weighted by Crippen LogP contribution is 2.11. The van der Waals surface area contributed by atoms with Gasteiger partial charge in [-0.2, -0.15) is 4.98 Å². The predicted molar refractivity (Wildman–Crippen MR) is 53.7 cm³/mol. The summed E-state index contributed by atoms with van der Waals surface area (Å²) < 4.78 is 1.60. The lowest BCUT2D eigenvalue weighted by Crippen LogP contribution is -2.11. The van der Waals surface area contributed by atoms with Gasteiger partial charge >= 0.3 is 0 Å². The van der Waals surface area contributed by atoms with Crippen molar-refractivity contribution in [2.75, 3.05) is 0 Å². The number of aromatic amines is 1. The number of aryl methyl sites for hydroxylation is 1. The van der Waals surface area contributed by atoms with E-state index in [-0.39, 0.29) is 16.7 Å². The summed E-state index contributed by atoms with van der Waals surface area (Å²) in [5.74, 6) is 0.811. The van der Waals surface area contributed by atoms with Crippen LogP contribution in [-0.4, -0.2) is 19.5 Å². The van der Waals surface area contributed by atoms with E-state index in [1.165, 1.54) is 0 Å². The standard InChI is InChI=1S/C7H6Cl2N4O/c1-13-3(2-8)10-5-4(13)6(14)12-7(9)11-5/h2H2,1H3,(H,11,12,14). The van der Waals surface area contributed by atoms with Gasteiger partial charge < -0.3 is 4.57 Å². The minimum absolute atomic E-state index is 0.0294. The lowest BCUT2D eigenvalue weighted by atomic mass is 10.5. The van der Waals surface area contributed by atoms with Crippen molar-refractivity contribution in [2.24, 2.45) is 7.05 Å². The number of hydrogen-bond donors (Lipinski definition) is 1. The Balaban J connectivity index is 2.92. The Morgan fingerprint density at radius 2 is 2.21 bits per heavy atom. The van der Waals surface area contributed by atoms with Gasteiger partial charge in [-0.25, -0.2) is 4.98 Å². The first-order chi connectivity index (χ1) is 6.63. The quantitative estimate of drug-likeness (QED) is 0.591. The molecular weight excluding hydrogens is 227 g/mol. The van der Waals surface area contributed by atoms with Gasteiger partial charge in [-0.05, 0) is 11.6 Å². The van der Waals surface area contributed by atoms with E-state index in [4.69, 9.17) is 23.2 Å². The molecule has 0 aliphatic rings. The molecule has 0 unspecified atom stereocenters. The summed E-state index contributed by atoms with van der Waals surface area (Å²) in [7, 11) is 1.71. The monoisotopic (exact) mass is 232 g/mol. The van der Waals surface area contributed by atoms with Crippen LogP contribution in [0.2, 0.25) is 5.28 Å². The van der Waals surface area contributed by atoms with Gasteiger partial charge in [0.05, 0.1) is 5.88 Å². The summed E-state index contributed by atoms with van der Waals surface area (Å²) >= 11 is 11.2. The highest BCUT2D eigenvalue weighted by molar-refractivity contribution is 6.28. The average molecular weight is 233 g/mol. The zero-order valence-electron chi connectivity index (χ0n) is 7.21. The summed E-state index contributed by atoms with van der Waals surface area (Å²) in [4.78, 5) is 21.8. The molecule has 0 amide bonds. The van der Waals surface area contributed by atoms with Crippen LogP contribution < -0.4 is 5.56 Å². The van der Waals surface area contributed by atoms with Crippen LogP contribution in [0.5, 0.6) is 0 Å². The van der Waals surface area contributed by atoms with Crippen LogP contribution in [0.3, 0.4) is 0 Å². The van der Waals surface area contributed by atoms with Crippen LogP contribution in [0.15, 0.2) is 4.79 Å². The van der Waals surface area contributed by atoms with E-state index >= 15 is 0 Å². The Bertz CT molecular complexity index is 544. The molecule has 0 spiro atoms. The van der Waals surface area contributed by atoms with E-state index in [1.807, 2.05) is 0 Å². The van der Waals surface area contributed by atoms with Crippen molar-refractivity contribution in [3.63, 3.8) is 0 Å². The van der Waals surface area contributed by atoms with Crippen LogP contribution in [-0.2, 0) is 12.9 Å². The molecule has 0 aromatic carbocycles. The molecule has 0 radical (unpaired) electrons. The topological polar surface area (TPSA) is 63.6 Å². The Morgan fingerprint density at radius 1 is 1.50 bits per heavy atom. The van der Waals surface area contributed by atoms with E-state index in [0.29, 0.717) is 17.0 Å². The molecule has 2 rings (SSSR count). The van der Waals surface area contributed by atoms with Gasteiger partial charge in [-0.15, -0.1) is 11.6 Å². The number of imidazole rings is 1. The molecule has 7 heteroatoms. The zero-order valence-corrected chi connectivity index (χ0v) is 8.72. The first-order valence-electron chi connectivity index (χ1n) is 3.80. The number of H-pyrrole nitrogens is 1. The number of nitrogens with zero attached hydrogens (tertiary/aromatic N) is 3. The molecule has 0 saturated carbocycles. The molecule has 0 bridgehead atoms. The van der Waals surface area contributed by atoms with Crippen molar-refractivity contribution in [3.05, 3.63) is 21.5 Å². The number of halogens is 2. The molecule has 14 heavy (non-hydrogen) atoms. The lowest BCUT2D eigenvalue weighted by molar-refractivity contribution is 0.868. The molecule has 5 nitrogen and oxygen atoms in total. The van der Waals surface area contributed by atoms with E-state index in [0.717, 1.165) is 0 Å². The number of hydrogen-bond acceptors (Lipinski definition) is 3. The second-order valence-corrected chi connectivity index (χ2v) is 3.37. The van der Waals surface area contributed by atoms with Gasteiger partial charge in [0, 0.05) is 7.05 Å². The lowest BCUT2D eigenvalue weighted by Gasteiger charge is -1.95. The summed E-state index contributed by atoms with van der Waals surface area (Å²) in [6.07, 6.45) is 0. The molecule has 0 saturated heterocycles. The molecular formula is C7H6Cl2N4O. The summed E-state index contributed by atoms with van der Waals surface area (Å²) in [5, 5.41) is 0.0294. The maximum absolute atomic E-state index is 11.5. The number of aromatic nitrogens is 4. The van der Waals surface area contributed by atoms with Crippen molar-refractivity contribution >= 4 is 34.4 Å². The van der Waals surface area contributed by atoms with Crippen LogP contribution in [0, 0.1) is 0 Å². The van der Waals surface area contributed by atoms with E-state index in [1.54, 1.807) is 11.6 Å². The Kier molecular flexibility index (Phi) is 2.20. The van der Waals surface area contributed by atoms with Crippen molar-refractivity contribution < 1.29 is 0 Å². The Morgan fingerprint density at radius 3 is 2.86 bits per heavy atom. The first kappa shape index (κ1) is 9.48. The number of rotatable bonds is 1. The minimum Gasteiger partial charge on any atom is -0.324 e. The van der Waals surface area contributed by atoms with Gasteiger partial charge in [0.2, 0.25) is 5.28 Å². The van der Waals surface area contributed by atoms with Crippen molar-refractivity contribution in [1.29, 1.82) is 0 Å². The number of alkyl halides is 1. The zero-order chi connectivity index (χ0) is 10.3. The molecule has 0 fully saturated rings. The Labute approximate surface area is 88.7 Å². The molecule has 2 aromatic rings. The highest BCUT2D eigenvalue weighted by Gasteiger charge is 2.11.